The molecule has 3 aromatic rings. The zero-order chi connectivity index (χ0) is 26.2. The van der Waals surface area contributed by atoms with E-state index in [1.807, 2.05) is 11.0 Å². The molecule has 0 aliphatic carbocycles. The molecule has 0 fully saturated rings. The van der Waals surface area contributed by atoms with Gasteiger partial charge in [-0.2, -0.15) is 0 Å². The summed E-state index contributed by atoms with van der Waals surface area (Å²) < 4.78 is 0. The Morgan fingerprint density at radius 3 is 2.50 bits per heavy atom. The van der Waals surface area contributed by atoms with Crippen LogP contribution in [-0.2, 0) is 16.1 Å². The number of anilines is 2. The fourth-order valence-electron chi connectivity index (χ4n) is 3.56. The van der Waals surface area contributed by atoms with Crippen molar-refractivity contribution in [2.24, 2.45) is 0 Å². The number of hydrogen-bond acceptors (Lipinski definition) is 7. The summed E-state index contributed by atoms with van der Waals surface area (Å²) in [6.45, 7) is 0.641. The second-order valence-electron chi connectivity index (χ2n) is 7.92. The fourth-order valence-corrected chi connectivity index (χ4v) is 3.56. The number of aromatic amines is 1. The van der Waals surface area contributed by atoms with E-state index in [1.165, 1.54) is 12.1 Å². The summed E-state index contributed by atoms with van der Waals surface area (Å²) >= 11 is 0. The van der Waals surface area contributed by atoms with Crippen molar-refractivity contribution in [1.82, 2.24) is 15.3 Å². The molecule has 186 valence electrons. The van der Waals surface area contributed by atoms with Crippen LogP contribution in [0.1, 0.15) is 28.8 Å². The van der Waals surface area contributed by atoms with Crippen LogP contribution in [0.4, 0.5) is 11.6 Å². The lowest BCUT2D eigenvalue weighted by atomic mass is 10.1. The van der Waals surface area contributed by atoms with Crippen LogP contribution in [0, 0.1) is 12.3 Å². The summed E-state index contributed by atoms with van der Waals surface area (Å²) in [4.78, 5) is 55.8. The predicted octanol–water partition coefficient (Wildman–Crippen LogP) is 1.65. The molecule has 2 aromatic carbocycles. The van der Waals surface area contributed by atoms with Gasteiger partial charge in [0, 0.05) is 31.3 Å². The number of amides is 1. The van der Waals surface area contributed by atoms with Crippen molar-refractivity contribution in [2.75, 3.05) is 23.8 Å². The summed E-state index contributed by atoms with van der Waals surface area (Å²) in [6.07, 6.45) is 4.94. The molecule has 0 spiro atoms. The molecule has 1 unspecified atom stereocenters. The number of hydrogen-bond donors (Lipinski definition) is 5. The van der Waals surface area contributed by atoms with Gasteiger partial charge in [-0.1, -0.05) is 12.0 Å². The Labute approximate surface area is 206 Å². The van der Waals surface area contributed by atoms with Crippen LogP contribution in [0.2, 0.25) is 0 Å². The summed E-state index contributed by atoms with van der Waals surface area (Å²) in [6, 6.07) is 10.4. The standard InChI is InChI=1S/C25H25N5O6/c1-3-12-30(14-15-4-9-19-18(13-15)23(34)29-25(26-2)28-19)17-7-5-16(6-8-17)22(33)27-20(24(35)36)10-11-21(31)32/h1,4-9,13,20H,10-12,14H2,2H3,(H,27,33)(H,31,32)(H,35,36)(H2,26,28,29,34). The largest absolute Gasteiger partial charge is 0.481 e. The summed E-state index contributed by atoms with van der Waals surface area (Å²) in [7, 11) is 1.66. The van der Waals surface area contributed by atoms with Crippen molar-refractivity contribution in [3.05, 3.63) is 63.9 Å². The Morgan fingerprint density at radius 1 is 1.17 bits per heavy atom. The molecule has 0 aliphatic rings. The maximum Gasteiger partial charge on any atom is 0.326 e. The highest BCUT2D eigenvalue weighted by Crippen LogP contribution is 2.20. The third-order valence-electron chi connectivity index (χ3n) is 5.41. The Kier molecular flexibility index (Phi) is 8.25. The van der Waals surface area contributed by atoms with Gasteiger partial charge in [-0.3, -0.25) is 19.4 Å². The molecule has 3 rings (SSSR count). The maximum atomic E-state index is 12.5. The highest BCUT2D eigenvalue weighted by atomic mass is 16.4. The Morgan fingerprint density at radius 2 is 1.89 bits per heavy atom. The van der Waals surface area contributed by atoms with E-state index in [0.717, 1.165) is 5.56 Å². The lowest BCUT2D eigenvalue weighted by Crippen LogP contribution is -2.41. The number of carboxylic acids is 2. The molecule has 0 saturated carbocycles. The van der Waals surface area contributed by atoms with Crippen LogP contribution in [0.15, 0.2) is 47.3 Å². The highest BCUT2D eigenvalue weighted by molar-refractivity contribution is 5.97. The normalized spacial score (nSPS) is 11.3. The molecule has 0 saturated heterocycles. The quantitative estimate of drug-likeness (QED) is 0.251. The van der Waals surface area contributed by atoms with Gasteiger partial charge in [0.05, 0.1) is 17.4 Å². The lowest BCUT2D eigenvalue weighted by molar-refractivity contribution is -0.140. The summed E-state index contributed by atoms with van der Waals surface area (Å²) in [5.41, 5.74) is 2.03. The molecular weight excluding hydrogens is 466 g/mol. The zero-order valence-electron chi connectivity index (χ0n) is 19.4. The zero-order valence-corrected chi connectivity index (χ0v) is 19.4. The smallest absolute Gasteiger partial charge is 0.326 e. The van der Waals surface area contributed by atoms with Gasteiger partial charge in [0.15, 0.2) is 0 Å². The van der Waals surface area contributed by atoms with E-state index < -0.39 is 23.9 Å². The van der Waals surface area contributed by atoms with Crippen molar-refractivity contribution in [3.8, 4) is 12.3 Å². The molecule has 5 N–H and O–H groups in total. The second-order valence-corrected chi connectivity index (χ2v) is 7.92. The van der Waals surface area contributed by atoms with Crippen molar-refractivity contribution >= 4 is 40.4 Å². The average Bonchev–Trinajstić information content (AvgIpc) is 2.86. The van der Waals surface area contributed by atoms with E-state index >= 15 is 0 Å². The van der Waals surface area contributed by atoms with E-state index in [2.05, 4.69) is 26.5 Å². The van der Waals surface area contributed by atoms with Crippen LogP contribution in [0.5, 0.6) is 0 Å². The minimum atomic E-state index is -1.32. The van der Waals surface area contributed by atoms with Gasteiger partial charge < -0.3 is 25.7 Å². The average molecular weight is 492 g/mol. The van der Waals surface area contributed by atoms with Crippen molar-refractivity contribution < 1.29 is 24.6 Å². The topological polar surface area (TPSA) is 165 Å². The molecule has 11 nitrogen and oxygen atoms in total. The third-order valence-corrected chi connectivity index (χ3v) is 5.41. The van der Waals surface area contributed by atoms with Gasteiger partial charge in [-0.15, -0.1) is 6.42 Å². The molecule has 0 radical (unpaired) electrons. The van der Waals surface area contributed by atoms with Crippen LogP contribution in [0.25, 0.3) is 10.9 Å². The van der Waals surface area contributed by atoms with E-state index in [-0.39, 0.29) is 30.5 Å². The minimum absolute atomic E-state index is 0.213. The number of rotatable bonds is 11. The molecule has 0 bridgehead atoms. The first-order chi connectivity index (χ1) is 17.2. The Bertz CT molecular complexity index is 1380. The van der Waals surface area contributed by atoms with E-state index in [1.54, 1.807) is 31.3 Å². The first kappa shape index (κ1) is 25.8. The number of benzene rings is 2. The monoisotopic (exact) mass is 491 g/mol. The van der Waals surface area contributed by atoms with Gasteiger partial charge >= 0.3 is 11.9 Å². The molecule has 0 aliphatic heterocycles. The van der Waals surface area contributed by atoms with Crippen LogP contribution in [0.3, 0.4) is 0 Å². The van der Waals surface area contributed by atoms with Gasteiger partial charge in [0.25, 0.3) is 11.5 Å². The number of carboxylic acid groups (broad SMARTS) is 2. The van der Waals surface area contributed by atoms with Crippen LogP contribution in [-0.4, -0.2) is 57.7 Å². The van der Waals surface area contributed by atoms with Gasteiger partial charge in [-0.25, -0.2) is 9.78 Å². The van der Waals surface area contributed by atoms with Gasteiger partial charge in [0.2, 0.25) is 5.95 Å². The molecule has 36 heavy (non-hydrogen) atoms. The van der Waals surface area contributed by atoms with E-state index in [0.29, 0.717) is 29.1 Å². The van der Waals surface area contributed by atoms with Crippen molar-refractivity contribution in [1.29, 1.82) is 0 Å². The van der Waals surface area contributed by atoms with Crippen LogP contribution < -0.4 is 21.1 Å². The third kappa shape index (κ3) is 6.38. The second kappa shape index (κ2) is 11.5. The van der Waals surface area contributed by atoms with Crippen molar-refractivity contribution in [2.45, 2.75) is 25.4 Å². The summed E-state index contributed by atoms with van der Waals surface area (Å²) in [5.74, 6) is -0.131. The minimum Gasteiger partial charge on any atom is -0.481 e. The lowest BCUT2D eigenvalue weighted by Gasteiger charge is -2.23. The molecule has 1 atom stereocenters. The number of H-pyrrole nitrogens is 1. The van der Waals surface area contributed by atoms with Crippen molar-refractivity contribution in [3.63, 3.8) is 0 Å². The number of carbonyl (C=O) groups is 3. The first-order valence-electron chi connectivity index (χ1n) is 11.0. The Balaban J connectivity index is 1.77. The maximum absolute atomic E-state index is 12.5. The van der Waals surface area contributed by atoms with E-state index in [9.17, 15) is 24.3 Å². The number of fused-ring (bicyclic) bond motifs is 1. The Hall–Kier alpha value is -4.85. The molecule has 1 aromatic heterocycles. The number of aromatic nitrogens is 2. The number of aliphatic carboxylic acids is 2. The SMILES string of the molecule is C#CCN(Cc1ccc2nc(NC)[nH]c(=O)c2c1)c1ccc(C(=O)NC(CCC(=O)O)C(=O)O)cc1. The number of carbonyl (C=O) groups excluding carboxylic acids is 1. The molecule has 1 heterocycles. The summed E-state index contributed by atoms with van der Waals surface area (Å²) in [5, 5.41) is 23.6. The highest BCUT2D eigenvalue weighted by Gasteiger charge is 2.21. The fraction of sp³-hybridized carbons (Fsp3) is 0.240. The van der Waals surface area contributed by atoms with Crippen LogP contribution >= 0.6 is 0 Å². The number of terminal acetylenes is 1. The molecular formula is C25H25N5O6. The van der Waals surface area contributed by atoms with Gasteiger partial charge in [0.1, 0.15) is 6.04 Å². The molecule has 1 amide bonds. The van der Waals surface area contributed by atoms with Gasteiger partial charge in [-0.05, 0) is 48.4 Å². The number of nitrogens with zero attached hydrogens (tertiary/aromatic N) is 2. The predicted molar refractivity (Wildman–Crippen MR) is 134 cm³/mol. The van der Waals surface area contributed by atoms with E-state index in [4.69, 9.17) is 11.5 Å². The first-order valence-corrected chi connectivity index (χ1v) is 11.0. The molecule has 11 heteroatoms. The number of nitrogens with one attached hydrogen (secondary N) is 3.